The molecule has 1 heterocycles. The molecule has 1 aromatic heterocycles. The van der Waals surface area contributed by atoms with Gasteiger partial charge in [-0.3, -0.25) is 4.79 Å². The van der Waals surface area contributed by atoms with Crippen LogP contribution in [-0.4, -0.2) is 0 Å². The minimum atomic E-state index is 0.0639. The van der Waals surface area contributed by atoms with E-state index in [2.05, 4.69) is 32.0 Å². The first kappa shape index (κ1) is 13.7. The molecule has 108 valence electrons. The van der Waals surface area contributed by atoms with Gasteiger partial charge in [-0.2, -0.15) is 0 Å². The molecule has 1 nitrogen and oxygen atoms in total. The van der Waals surface area contributed by atoms with Crippen molar-refractivity contribution in [1.82, 2.24) is 0 Å². The zero-order valence-corrected chi connectivity index (χ0v) is 13.8. The summed E-state index contributed by atoms with van der Waals surface area (Å²) in [5, 5.41) is 4.45. The summed E-state index contributed by atoms with van der Waals surface area (Å²) in [6.07, 6.45) is 0. The van der Waals surface area contributed by atoms with Crippen LogP contribution < -0.4 is 5.43 Å². The Bertz CT molecular complexity index is 1130. The van der Waals surface area contributed by atoms with E-state index in [4.69, 9.17) is 11.6 Å². The highest BCUT2D eigenvalue weighted by Crippen LogP contribution is 2.32. The van der Waals surface area contributed by atoms with Gasteiger partial charge in [0.15, 0.2) is 5.43 Å². The van der Waals surface area contributed by atoms with E-state index in [9.17, 15) is 4.79 Å². The van der Waals surface area contributed by atoms with Gasteiger partial charge in [0, 0.05) is 25.2 Å². The van der Waals surface area contributed by atoms with Gasteiger partial charge in [0.05, 0.1) is 0 Å². The van der Waals surface area contributed by atoms with E-state index < -0.39 is 0 Å². The zero-order valence-electron chi connectivity index (χ0n) is 12.2. The van der Waals surface area contributed by atoms with Crippen LogP contribution in [0.5, 0.6) is 0 Å². The van der Waals surface area contributed by atoms with Gasteiger partial charge in [0.25, 0.3) is 0 Å². The lowest BCUT2D eigenvalue weighted by atomic mass is 9.99. The second-order valence-corrected chi connectivity index (χ2v) is 7.19. The Morgan fingerprint density at radius 1 is 0.773 bits per heavy atom. The maximum Gasteiger partial charge on any atom is 0.195 e. The Kier molecular flexibility index (Phi) is 3.00. The highest BCUT2D eigenvalue weighted by molar-refractivity contribution is 7.24. The lowest BCUT2D eigenvalue weighted by Gasteiger charge is -2.08. The highest BCUT2D eigenvalue weighted by atomic mass is 35.5. The fourth-order valence-corrected chi connectivity index (χ4v) is 4.20. The molecule has 0 unspecified atom stereocenters. The molecule has 0 aliphatic heterocycles. The molecule has 0 radical (unpaired) electrons. The molecule has 3 heteroatoms. The number of rotatable bonds is 0. The third kappa shape index (κ3) is 1.95. The SMILES string of the molecule is Cc1ccc(C)c2cc3c(=O)c4cc(Cl)ccc4sc3cc12. The first-order chi connectivity index (χ1) is 10.5. The van der Waals surface area contributed by atoms with Crippen molar-refractivity contribution < 1.29 is 0 Å². The quantitative estimate of drug-likeness (QED) is 0.371. The second-order valence-electron chi connectivity index (χ2n) is 5.66. The average Bonchev–Trinajstić information content (AvgIpc) is 2.51. The lowest BCUT2D eigenvalue weighted by Crippen LogP contribution is -2.01. The van der Waals surface area contributed by atoms with Crippen molar-refractivity contribution in [3.05, 3.63) is 68.8 Å². The summed E-state index contributed by atoms with van der Waals surface area (Å²) in [6.45, 7) is 4.19. The molecule has 0 saturated heterocycles. The molecule has 22 heavy (non-hydrogen) atoms. The van der Waals surface area contributed by atoms with Crippen molar-refractivity contribution >= 4 is 53.9 Å². The van der Waals surface area contributed by atoms with Crippen LogP contribution in [0.2, 0.25) is 5.02 Å². The fraction of sp³-hybridized carbons (Fsp3) is 0.105. The van der Waals surface area contributed by atoms with E-state index in [1.165, 1.54) is 16.5 Å². The molecule has 0 saturated carbocycles. The van der Waals surface area contributed by atoms with Crippen LogP contribution in [0.15, 0.2) is 47.3 Å². The van der Waals surface area contributed by atoms with Crippen LogP contribution in [0.3, 0.4) is 0 Å². The molecule has 0 fully saturated rings. The second kappa shape index (κ2) is 4.80. The van der Waals surface area contributed by atoms with Gasteiger partial charge in [-0.25, -0.2) is 0 Å². The smallest absolute Gasteiger partial charge is 0.195 e. The maximum absolute atomic E-state index is 12.8. The van der Waals surface area contributed by atoms with Crippen molar-refractivity contribution in [3.63, 3.8) is 0 Å². The van der Waals surface area contributed by atoms with E-state index in [-0.39, 0.29) is 5.43 Å². The standard InChI is InChI=1S/C19H13ClOS/c1-10-3-4-11(2)14-9-18-16(8-13(10)14)19(21)15-7-12(20)5-6-17(15)22-18/h3-9H,1-2H3. The van der Waals surface area contributed by atoms with Crippen LogP contribution in [-0.2, 0) is 0 Å². The minimum absolute atomic E-state index is 0.0639. The van der Waals surface area contributed by atoms with Crippen LogP contribution in [0, 0.1) is 13.8 Å². The minimum Gasteiger partial charge on any atom is -0.289 e. The van der Waals surface area contributed by atoms with Crippen molar-refractivity contribution in [1.29, 1.82) is 0 Å². The van der Waals surface area contributed by atoms with E-state index in [1.807, 2.05) is 18.2 Å². The van der Waals surface area contributed by atoms with Crippen molar-refractivity contribution in [2.45, 2.75) is 13.8 Å². The van der Waals surface area contributed by atoms with Crippen LogP contribution in [0.1, 0.15) is 11.1 Å². The topological polar surface area (TPSA) is 17.1 Å². The van der Waals surface area contributed by atoms with Crippen molar-refractivity contribution in [2.24, 2.45) is 0 Å². The number of fused-ring (bicyclic) bond motifs is 3. The Labute approximate surface area is 136 Å². The molecule has 0 amide bonds. The van der Waals surface area contributed by atoms with Gasteiger partial charge in [-0.1, -0.05) is 23.7 Å². The lowest BCUT2D eigenvalue weighted by molar-refractivity contribution is 1.47. The molecule has 0 N–H and O–H groups in total. The summed E-state index contributed by atoms with van der Waals surface area (Å²) in [7, 11) is 0. The van der Waals surface area contributed by atoms with Crippen LogP contribution in [0.4, 0.5) is 0 Å². The number of halogens is 1. The molecule has 3 aromatic carbocycles. The van der Waals surface area contributed by atoms with E-state index >= 15 is 0 Å². The third-order valence-corrected chi connectivity index (χ3v) is 5.57. The number of hydrogen-bond donors (Lipinski definition) is 0. The molecule has 4 rings (SSSR count). The first-order valence-corrected chi connectivity index (χ1v) is 8.30. The molecular weight excluding hydrogens is 312 g/mol. The molecule has 0 spiro atoms. The van der Waals surface area contributed by atoms with Gasteiger partial charge >= 0.3 is 0 Å². The summed E-state index contributed by atoms with van der Waals surface area (Å²) in [6, 6.07) is 13.9. The van der Waals surface area contributed by atoms with E-state index in [0.717, 1.165) is 20.2 Å². The van der Waals surface area contributed by atoms with Crippen molar-refractivity contribution in [2.75, 3.05) is 0 Å². The van der Waals surface area contributed by atoms with Gasteiger partial charge < -0.3 is 0 Å². The van der Waals surface area contributed by atoms with Crippen molar-refractivity contribution in [3.8, 4) is 0 Å². The maximum atomic E-state index is 12.8. The largest absolute Gasteiger partial charge is 0.289 e. The predicted octanol–water partition coefficient (Wildman–Crippen LogP) is 5.84. The number of benzene rings is 3. The Morgan fingerprint density at radius 2 is 1.41 bits per heavy atom. The fourth-order valence-electron chi connectivity index (χ4n) is 2.96. The molecule has 0 atom stereocenters. The first-order valence-electron chi connectivity index (χ1n) is 7.10. The molecular formula is C19H13ClOS. The Balaban J connectivity index is 2.27. The molecule has 0 aliphatic carbocycles. The molecule has 0 aliphatic rings. The van der Waals surface area contributed by atoms with Gasteiger partial charge in [-0.15, -0.1) is 11.3 Å². The number of aryl methyl sites for hydroxylation is 2. The van der Waals surface area contributed by atoms with Gasteiger partial charge in [-0.05, 0) is 66.1 Å². The third-order valence-electron chi connectivity index (χ3n) is 4.20. The van der Waals surface area contributed by atoms with Gasteiger partial charge in [0.1, 0.15) is 0 Å². The molecule has 4 aromatic rings. The summed E-state index contributed by atoms with van der Waals surface area (Å²) >= 11 is 7.69. The summed E-state index contributed by atoms with van der Waals surface area (Å²) in [4.78, 5) is 12.8. The number of hydrogen-bond acceptors (Lipinski definition) is 2. The van der Waals surface area contributed by atoms with Gasteiger partial charge in [0.2, 0.25) is 0 Å². The monoisotopic (exact) mass is 324 g/mol. The van der Waals surface area contributed by atoms with E-state index in [1.54, 1.807) is 17.4 Å². The van der Waals surface area contributed by atoms with Crippen LogP contribution in [0.25, 0.3) is 30.9 Å². The predicted molar refractivity (Wildman–Crippen MR) is 97.6 cm³/mol. The summed E-state index contributed by atoms with van der Waals surface area (Å²) in [5.74, 6) is 0. The zero-order chi connectivity index (χ0) is 15.4. The molecule has 0 bridgehead atoms. The average molecular weight is 325 g/mol. The highest BCUT2D eigenvalue weighted by Gasteiger charge is 2.10. The summed E-state index contributed by atoms with van der Waals surface area (Å²) < 4.78 is 2.01. The van der Waals surface area contributed by atoms with Crippen LogP contribution >= 0.6 is 22.9 Å². The van der Waals surface area contributed by atoms with E-state index in [0.29, 0.717) is 10.4 Å². The summed E-state index contributed by atoms with van der Waals surface area (Å²) in [5.41, 5.74) is 2.49. The Hall–Kier alpha value is -1.90. The normalized spacial score (nSPS) is 11.6. The Morgan fingerprint density at radius 3 is 2.14 bits per heavy atom.